The number of guanidine groups is 1. The van der Waals surface area contributed by atoms with Gasteiger partial charge in [0.15, 0.2) is 5.96 Å². The summed E-state index contributed by atoms with van der Waals surface area (Å²) in [6, 6.07) is 7.09. The van der Waals surface area contributed by atoms with Gasteiger partial charge in [0.2, 0.25) is 0 Å². The van der Waals surface area contributed by atoms with Crippen molar-refractivity contribution in [1.82, 2.24) is 15.5 Å². The van der Waals surface area contributed by atoms with Gasteiger partial charge in [-0.05, 0) is 50.4 Å². The van der Waals surface area contributed by atoms with Crippen LogP contribution in [0.3, 0.4) is 0 Å². The van der Waals surface area contributed by atoms with Gasteiger partial charge >= 0.3 is 6.61 Å². The number of benzene rings is 1. The SMILES string of the molecule is CCCN1CCC(NC(=NCc2cccc(OC(F)F)c2)NCC)CC1. The van der Waals surface area contributed by atoms with E-state index >= 15 is 0 Å². The van der Waals surface area contributed by atoms with Gasteiger partial charge in [-0.25, -0.2) is 4.99 Å². The highest BCUT2D eigenvalue weighted by Crippen LogP contribution is 2.16. The zero-order chi connectivity index (χ0) is 18.8. The van der Waals surface area contributed by atoms with Gasteiger partial charge in [-0.2, -0.15) is 8.78 Å². The minimum absolute atomic E-state index is 0.161. The van der Waals surface area contributed by atoms with Crippen LogP contribution in [0, 0.1) is 0 Å². The molecule has 1 saturated heterocycles. The zero-order valence-corrected chi connectivity index (χ0v) is 15.7. The van der Waals surface area contributed by atoms with Crippen LogP contribution in [-0.2, 0) is 6.54 Å². The molecular weight excluding hydrogens is 338 g/mol. The number of alkyl halides is 2. The number of nitrogens with zero attached hydrogens (tertiary/aromatic N) is 2. The standard InChI is InChI=1S/C19H30F2N4O/c1-3-10-25-11-8-16(9-12-25)24-19(22-4-2)23-14-15-6-5-7-17(13-15)26-18(20)21/h5-7,13,16,18H,3-4,8-12,14H2,1-2H3,(H2,22,23,24). The average molecular weight is 368 g/mol. The second kappa shape index (κ2) is 11.0. The molecule has 2 N–H and O–H groups in total. The second-order valence-corrected chi connectivity index (χ2v) is 6.48. The molecule has 7 heteroatoms. The number of rotatable bonds is 8. The van der Waals surface area contributed by atoms with Crippen molar-refractivity contribution in [3.8, 4) is 5.75 Å². The van der Waals surface area contributed by atoms with Crippen molar-refractivity contribution in [2.75, 3.05) is 26.2 Å². The minimum atomic E-state index is -2.81. The van der Waals surface area contributed by atoms with Gasteiger partial charge in [0.1, 0.15) is 5.75 Å². The minimum Gasteiger partial charge on any atom is -0.435 e. The summed E-state index contributed by atoms with van der Waals surface area (Å²) in [5, 5.41) is 6.75. The fourth-order valence-electron chi connectivity index (χ4n) is 3.12. The highest BCUT2D eigenvalue weighted by molar-refractivity contribution is 5.80. The van der Waals surface area contributed by atoms with Crippen molar-refractivity contribution >= 4 is 5.96 Å². The van der Waals surface area contributed by atoms with Gasteiger partial charge in [0.25, 0.3) is 0 Å². The lowest BCUT2D eigenvalue weighted by Crippen LogP contribution is -2.48. The monoisotopic (exact) mass is 368 g/mol. The molecular formula is C19H30F2N4O. The molecule has 0 aliphatic carbocycles. The van der Waals surface area contributed by atoms with E-state index in [0.717, 1.165) is 50.5 Å². The zero-order valence-electron chi connectivity index (χ0n) is 15.7. The molecule has 0 radical (unpaired) electrons. The van der Waals surface area contributed by atoms with Gasteiger partial charge in [-0.15, -0.1) is 0 Å². The van der Waals surface area contributed by atoms with E-state index in [1.54, 1.807) is 12.1 Å². The number of ether oxygens (including phenoxy) is 1. The van der Waals surface area contributed by atoms with Crippen LogP contribution in [0.1, 0.15) is 38.7 Å². The first-order valence-corrected chi connectivity index (χ1v) is 9.41. The number of hydrogen-bond donors (Lipinski definition) is 2. The summed E-state index contributed by atoms with van der Waals surface area (Å²) in [6.07, 6.45) is 3.39. The Morgan fingerprint density at radius 2 is 2.08 bits per heavy atom. The van der Waals surface area contributed by atoms with E-state index in [0.29, 0.717) is 12.6 Å². The molecule has 1 aromatic carbocycles. The Morgan fingerprint density at radius 1 is 1.31 bits per heavy atom. The molecule has 1 aliphatic heterocycles. The van der Waals surface area contributed by atoms with Crippen LogP contribution >= 0.6 is 0 Å². The van der Waals surface area contributed by atoms with Gasteiger partial charge in [-0.3, -0.25) is 0 Å². The smallest absolute Gasteiger partial charge is 0.387 e. The molecule has 0 saturated carbocycles. The van der Waals surface area contributed by atoms with Crippen LogP contribution in [0.5, 0.6) is 5.75 Å². The number of halogens is 2. The van der Waals surface area contributed by atoms with Crippen LogP contribution in [0.2, 0.25) is 0 Å². The molecule has 0 aromatic heterocycles. The highest BCUT2D eigenvalue weighted by atomic mass is 19.3. The summed E-state index contributed by atoms with van der Waals surface area (Å²) >= 11 is 0. The summed E-state index contributed by atoms with van der Waals surface area (Å²) in [6.45, 7) is 5.99. The van der Waals surface area contributed by atoms with Gasteiger partial charge < -0.3 is 20.3 Å². The number of piperidine rings is 1. The largest absolute Gasteiger partial charge is 0.435 e. The molecule has 1 aromatic rings. The third-order valence-corrected chi connectivity index (χ3v) is 4.36. The van der Waals surface area contributed by atoms with Crippen LogP contribution in [0.15, 0.2) is 29.3 Å². The summed E-state index contributed by atoms with van der Waals surface area (Å²) in [7, 11) is 0. The molecule has 1 aliphatic rings. The number of likely N-dealkylation sites (tertiary alicyclic amines) is 1. The number of hydrogen-bond acceptors (Lipinski definition) is 3. The Morgan fingerprint density at radius 3 is 2.73 bits per heavy atom. The number of aliphatic imine (C=N–C) groups is 1. The molecule has 2 rings (SSSR count). The quantitative estimate of drug-likeness (QED) is 0.546. The normalized spacial score (nSPS) is 16.7. The first kappa shape index (κ1) is 20.4. The van der Waals surface area contributed by atoms with E-state index in [-0.39, 0.29) is 5.75 Å². The molecule has 146 valence electrons. The fourth-order valence-corrected chi connectivity index (χ4v) is 3.12. The summed E-state index contributed by atoms with van der Waals surface area (Å²) < 4.78 is 29.1. The Labute approximate surface area is 154 Å². The van der Waals surface area contributed by atoms with Crippen molar-refractivity contribution < 1.29 is 13.5 Å². The van der Waals surface area contributed by atoms with Crippen LogP contribution in [-0.4, -0.2) is 49.7 Å². The molecule has 0 spiro atoms. The van der Waals surface area contributed by atoms with Gasteiger partial charge in [0.05, 0.1) is 6.54 Å². The molecule has 0 atom stereocenters. The molecule has 1 fully saturated rings. The lowest BCUT2D eigenvalue weighted by atomic mass is 10.1. The molecule has 5 nitrogen and oxygen atoms in total. The van der Waals surface area contributed by atoms with Crippen LogP contribution < -0.4 is 15.4 Å². The van der Waals surface area contributed by atoms with Gasteiger partial charge in [0, 0.05) is 25.7 Å². The van der Waals surface area contributed by atoms with Crippen LogP contribution in [0.4, 0.5) is 8.78 Å². The van der Waals surface area contributed by atoms with E-state index in [2.05, 4.69) is 32.2 Å². The van der Waals surface area contributed by atoms with Crippen molar-refractivity contribution in [1.29, 1.82) is 0 Å². The highest BCUT2D eigenvalue weighted by Gasteiger charge is 2.19. The maximum Gasteiger partial charge on any atom is 0.387 e. The van der Waals surface area contributed by atoms with E-state index in [1.165, 1.54) is 12.5 Å². The van der Waals surface area contributed by atoms with E-state index < -0.39 is 6.61 Å². The van der Waals surface area contributed by atoms with Crippen molar-refractivity contribution in [3.05, 3.63) is 29.8 Å². The first-order valence-electron chi connectivity index (χ1n) is 9.41. The maximum atomic E-state index is 12.3. The lowest BCUT2D eigenvalue weighted by molar-refractivity contribution is -0.0498. The fraction of sp³-hybridized carbons (Fsp3) is 0.632. The third-order valence-electron chi connectivity index (χ3n) is 4.36. The van der Waals surface area contributed by atoms with Crippen molar-refractivity contribution in [2.45, 2.75) is 52.3 Å². The Balaban J connectivity index is 1.90. The van der Waals surface area contributed by atoms with Crippen LogP contribution in [0.25, 0.3) is 0 Å². The second-order valence-electron chi connectivity index (χ2n) is 6.48. The first-order chi connectivity index (χ1) is 12.6. The molecule has 0 amide bonds. The summed E-state index contributed by atoms with van der Waals surface area (Å²) in [5.74, 6) is 0.926. The topological polar surface area (TPSA) is 48.9 Å². The third kappa shape index (κ3) is 7.15. The summed E-state index contributed by atoms with van der Waals surface area (Å²) in [4.78, 5) is 7.09. The average Bonchev–Trinajstić information content (AvgIpc) is 2.61. The predicted molar refractivity (Wildman–Crippen MR) is 101 cm³/mol. The summed E-state index contributed by atoms with van der Waals surface area (Å²) in [5.41, 5.74) is 0.832. The maximum absolute atomic E-state index is 12.3. The Bertz CT molecular complexity index is 560. The predicted octanol–water partition coefficient (Wildman–Crippen LogP) is 3.22. The molecule has 26 heavy (non-hydrogen) atoms. The Hall–Kier alpha value is -1.89. The molecule has 0 bridgehead atoms. The van der Waals surface area contributed by atoms with Crippen molar-refractivity contribution in [2.24, 2.45) is 4.99 Å². The molecule has 1 heterocycles. The molecule has 0 unspecified atom stereocenters. The Kier molecular flexibility index (Phi) is 8.61. The lowest BCUT2D eigenvalue weighted by Gasteiger charge is -2.32. The van der Waals surface area contributed by atoms with E-state index in [4.69, 9.17) is 0 Å². The number of nitrogens with one attached hydrogen (secondary N) is 2. The van der Waals surface area contributed by atoms with Crippen molar-refractivity contribution in [3.63, 3.8) is 0 Å². The van der Waals surface area contributed by atoms with E-state index in [9.17, 15) is 8.78 Å². The van der Waals surface area contributed by atoms with E-state index in [1.807, 2.05) is 13.0 Å². The van der Waals surface area contributed by atoms with Gasteiger partial charge in [-0.1, -0.05) is 19.1 Å².